The van der Waals surface area contributed by atoms with Gasteiger partial charge in [-0.2, -0.15) is 5.10 Å². The van der Waals surface area contributed by atoms with Crippen molar-refractivity contribution in [3.05, 3.63) is 30.4 Å². The second-order valence-electron chi connectivity index (χ2n) is 9.01. The summed E-state index contributed by atoms with van der Waals surface area (Å²) in [5.74, 6) is 1.14. The highest BCUT2D eigenvalue weighted by Crippen LogP contribution is 2.33. The normalized spacial score (nSPS) is 18.3. The molecule has 2 aliphatic rings. The lowest BCUT2D eigenvalue weighted by Gasteiger charge is -2.26. The van der Waals surface area contributed by atoms with Gasteiger partial charge in [0.15, 0.2) is 0 Å². The van der Waals surface area contributed by atoms with E-state index in [1.165, 1.54) is 32.1 Å². The van der Waals surface area contributed by atoms with E-state index in [0.717, 1.165) is 51.3 Å². The molecular formula is C22H35N5O2S. The van der Waals surface area contributed by atoms with E-state index in [-0.39, 0.29) is 5.75 Å². The smallest absolute Gasteiger partial charge is 0.227 e. The van der Waals surface area contributed by atoms with Crippen LogP contribution in [0.3, 0.4) is 0 Å². The van der Waals surface area contributed by atoms with Gasteiger partial charge in [0, 0.05) is 32.0 Å². The minimum atomic E-state index is -3.33. The van der Waals surface area contributed by atoms with Crippen LogP contribution in [0, 0.1) is 11.8 Å². The van der Waals surface area contributed by atoms with Crippen molar-refractivity contribution in [2.45, 2.75) is 76.7 Å². The molecule has 30 heavy (non-hydrogen) atoms. The van der Waals surface area contributed by atoms with Crippen molar-refractivity contribution < 1.29 is 8.42 Å². The molecule has 0 amide bonds. The summed E-state index contributed by atoms with van der Waals surface area (Å²) >= 11 is 0. The maximum atomic E-state index is 13.1. The van der Waals surface area contributed by atoms with E-state index in [1.807, 2.05) is 21.5 Å². The van der Waals surface area contributed by atoms with Crippen LogP contribution >= 0.6 is 0 Å². The zero-order chi connectivity index (χ0) is 21.0. The molecule has 0 bridgehead atoms. The number of aromatic nitrogens is 4. The van der Waals surface area contributed by atoms with Crippen molar-refractivity contribution in [2.75, 3.05) is 18.8 Å². The van der Waals surface area contributed by atoms with Crippen LogP contribution in [-0.2, 0) is 29.5 Å². The average molecular weight is 434 g/mol. The Balaban J connectivity index is 1.52. The Morgan fingerprint density at radius 3 is 2.60 bits per heavy atom. The fraction of sp³-hybridized carbons (Fsp3) is 0.727. The van der Waals surface area contributed by atoms with Gasteiger partial charge < -0.3 is 4.57 Å². The summed E-state index contributed by atoms with van der Waals surface area (Å²) in [7, 11) is -3.33. The van der Waals surface area contributed by atoms with Gasteiger partial charge in [-0.25, -0.2) is 13.4 Å². The van der Waals surface area contributed by atoms with Gasteiger partial charge in [0.05, 0.1) is 24.2 Å². The van der Waals surface area contributed by atoms with Gasteiger partial charge >= 0.3 is 0 Å². The van der Waals surface area contributed by atoms with E-state index in [4.69, 9.17) is 0 Å². The number of hydrogen-bond donors (Lipinski definition) is 0. The van der Waals surface area contributed by atoms with Crippen LogP contribution in [0.4, 0.5) is 0 Å². The molecule has 2 saturated carbocycles. The van der Waals surface area contributed by atoms with E-state index < -0.39 is 9.84 Å². The van der Waals surface area contributed by atoms with Crippen LogP contribution in [0.5, 0.6) is 0 Å². The monoisotopic (exact) mass is 433 g/mol. The SMILES string of the molecule is CCN(CCn1cccn1)Cc1cnc(S(=O)(=O)CC2CC2)n1CC1CCCCC1. The third kappa shape index (κ3) is 5.52. The average Bonchev–Trinajstić information content (AvgIpc) is 3.22. The van der Waals surface area contributed by atoms with E-state index in [2.05, 4.69) is 21.9 Å². The van der Waals surface area contributed by atoms with Crippen LogP contribution < -0.4 is 0 Å². The first-order valence-electron chi connectivity index (χ1n) is 11.5. The lowest BCUT2D eigenvalue weighted by Crippen LogP contribution is -2.29. The maximum absolute atomic E-state index is 13.1. The van der Waals surface area contributed by atoms with Crippen LogP contribution in [0.15, 0.2) is 29.8 Å². The molecule has 0 atom stereocenters. The summed E-state index contributed by atoms with van der Waals surface area (Å²) in [5, 5.41) is 4.59. The Bertz CT molecular complexity index is 896. The molecule has 2 heterocycles. The molecule has 2 aromatic rings. The first-order valence-corrected chi connectivity index (χ1v) is 13.2. The standard InChI is InChI=1S/C22H35N5O2S/c1-2-25(13-14-26-12-6-11-24-26)17-21-15-23-22(30(28,29)18-20-9-10-20)27(21)16-19-7-4-3-5-8-19/h6,11-12,15,19-20H,2-5,7-10,13-14,16-18H2,1H3. The van der Waals surface area contributed by atoms with Gasteiger partial charge in [-0.05, 0) is 50.1 Å². The number of sulfone groups is 1. The molecular weight excluding hydrogens is 398 g/mol. The number of rotatable bonds is 11. The van der Waals surface area contributed by atoms with Crippen molar-refractivity contribution in [1.82, 2.24) is 24.2 Å². The van der Waals surface area contributed by atoms with Crippen molar-refractivity contribution in [2.24, 2.45) is 11.8 Å². The van der Waals surface area contributed by atoms with Gasteiger partial charge in [0.1, 0.15) is 0 Å². The predicted octanol–water partition coefficient (Wildman–Crippen LogP) is 3.37. The molecule has 0 aromatic carbocycles. The first kappa shape index (κ1) is 21.6. The van der Waals surface area contributed by atoms with Crippen molar-refractivity contribution >= 4 is 9.84 Å². The van der Waals surface area contributed by atoms with Crippen LogP contribution in [0.25, 0.3) is 0 Å². The summed E-state index contributed by atoms with van der Waals surface area (Å²) in [6.45, 7) is 6.25. The topological polar surface area (TPSA) is 73.0 Å². The Morgan fingerprint density at radius 2 is 1.93 bits per heavy atom. The Morgan fingerprint density at radius 1 is 1.13 bits per heavy atom. The highest BCUT2D eigenvalue weighted by molar-refractivity contribution is 7.91. The molecule has 8 heteroatoms. The molecule has 0 radical (unpaired) electrons. The van der Waals surface area contributed by atoms with E-state index in [0.29, 0.717) is 17.0 Å². The van der Waals surface area contributed by atoms with E-state index in [1.54, 1.807) is 12.4 Å². The molecule has 7 nitrogen and oxygen atoms in total. The molecule has 4 rings (SSSR count). The lowest BCUT2D eigenvalue weighted by atomic mass is 9.89. The Hall–Kier alpha value is -1.67. The predicted molar refractivity (Wildman–Crippen MR) is 117 cm³/mol. The fourth-order valence-corrected chi connectivity index (χ4v) is 6.36. The summed E-state index contributed by atoms with van der Waals surface area (Å²) in [5.41, 5.74) is 1.03. The summed E-state index contributed by atoms with van der Waals surface area (Å²) in [6.07, 6.45) is 13.8. The third-order valence-corrected chi connectivity index (χ3v) is 8.33. The van der Waals surface area contributed by atoms with Crippen LogP contribution in [-0.4, -0.2) is 51.5 Å². The number of hydrogen-bond acceptors (Lipinski definition) is 5. The van der Waals surface area contributed by atoms with Gasteiger partial charge in [-0.15, -0.1) is 0 Å². The quantitative estimate of drug-likeness (QED) is 0.543. The maximum Gasteiger partial charge on any atom is 0.227 e. The first-order chi connectivity index (χ1) is 14.5. The zero-order valence-corrected chi connectivity index (χ0v) is 18.9. The molecule has 0 saturated heterocycles. The van der Waals surface area contributed by atoms with Crippen LogP contribution in [0.1, 0.15) is 57.6 Å². The van der Waals surface area contributed by atoms with E-state index in [9.17, 15) is 8.42 Å². The van der Waals surface area contributed by atoms with Crippen molar-refractivity contribution in [3.63, 3.8) is 0 Å². The third-order valence-electron chi connectivity index (χ3n) is 6.53. The van der Waals surface area contributed by atoms with Gasteiger partial charge in [0.2, 0.25) is 15.0 Å². The van der Waals surface area contributed by atoms with Crippen molar-refractivity contribution in [1.29, 1.82) is 0 Å². The number of likely N-dealkylation sites (N-methyl/N-ethyl adjacent to an activating group) is 1. The summed E-state index contributed by atoms with van der Waals surface area (Å²) in [4.78, 5) is 6.80. The Labute approximate surface area is 180 Å². The molecule has 0 spiro atoms. The number of imidazole rings is 1. The fourth-order valence-electron chi connectivity index (χ4n) is 4.51. The summed E-state index contributed by atoms with van der Waals surface area (Å²) < 4.78 is 30.2. The second kappa shape index (κ2) is 9.64. The highest BCUT2D eigenvalue weighted by atomic mass is 32.2. The molecule has 0 N–H and O–H groups in total. The highest BCUT2D eigenvalue weighted by Gasteiger charge is 2.33. The van der Waals surface area contributed by atoms with Gasteiger partial charge in [-0.3, -0.25) is 9.58 Å². The summed E-state index contributed by atoms with van der Waals surface area (Å²) in [6, 6.07) is 1.94. The molecule has 2 fully saturated rings. The lowest BCUT2D eigenvalue weighted by molar-refractivity contribution is 0.248. The molecule has 2 aliphatic carbocycles. The van der Waals surface area contributed by atoms with Crippen LogP contribution in [0.2, 0.25) is 0 Å². The van der Waals surface area contributed by atoms with Gasteiger partial charge in [0.25, 0.3) is 0 Å². The molecule has 0 aliphatic heterocycles. The van der Waals surface area contributed by atoms with E-state index >= 15 is 0 Å². The molecule has 166 valence electrons. The van der Waals surface area contributed by atoms with Crippen molar-refractivity contribution in [3.8, 4) is 0 Å². The van der Waals surface area contributed by atoms with Gasteiger partial charge in [-0.1, -0.05) is 26.2 Å². The minimum Gasteiger partial charge on any atom is -0.317 e. The Kier molecular flexibility index (Phi) is 6.93. The molecule has 2 aromatic heterocycles. The zero-order valence-electron chi connectivity index (χ0n) is 18.1. The largest absolute Gasteiger partial charge is 0.317 e. The second-order valence-corrected chi connectivity index (χ2v) is 10.9. The minimum absolute atomic E-state index is 0.255. The number of nitrogens with zero attached hydrogens (tertiary/aromatic N) is 5. The molecule has 0 unspecified atom stereocenters.